The van der Waals surface area contributed by atoms with Crippen LogP contribution in [0.2, 0.25) is 0 Å². The zero-order valence-electron chi connectivity index (χ0n) is 4.40. The van der Waals surface area contributed by atoms with Gasteiger partial charge in [0.25, 0.3) is 0 Å². The Hall–Kier alpha value is 0.240. The fourth-order valence-electron chi connectivity index (χ4n) is 0.180. The third kappa shape index (κ3) is 4.40. The lowest BCUT2D eigenvalue weighted by Gasteiger charge is -1.90. The molecule has 0 rings (SSSR count). The molecule has 0 aliphatic rings. The van der Waals surface area contributed by atoms with Crippen LogP contribution in [-0.2, 0) is 4.74 Å². The molecule has 3 heteroatoms. The first kappa shape index (κ1) is 8.24. The van der Waals surface area contributed by atoms with Gasteiger partial charge in [0.05, 0.1) is 7.11 Å². The van der Waals surface area contributed by atoms with Gasteiger partial charge < -0.3 is 4.74 Å². The van der Waals surface area contributed by atoms with Gasteiger partial charge in [-0.3, -0.25) is 0 Å². The van der Waals surface area contributed by atoms with E-state index in [1.54, 1.807) is 18.2 Å². The summed E-state index contributed by atoms with van der Waals surface area (Å²) in [6, 6.07) is 0. The highest BCUT2D eigenvalue weighted by atomic mass is 79.9. The first-order valence-electron chi connectivity index (χ1n) is 1.97. The SMILES string of the molecule is CO/C(Br)=C\C=C\Br. The van der Waals surface area contributed by atoms with Crippen molar-refractivity contribution in [3.8, 4) is 0 Å². The first-order valence-corrected chi connectivity index (χ1v) is 3.68. The maximum atomic E-state index is 4.76. The van der Waals surface area contributed by atoms with E-state index in [1.165, 1.54) is 0 Å². The molecule has 46 valence electrons. The summed E-state index contributed by atoms with van der Waals surface area (Å²) in [5.41, 5.74) is 0. The minimum absolute atomic E-state index is 0.716. The zero-order valence-corrected chi connectivity index (χ0v) is 7.57. The normalized spacial score (nSPS) is 12.6. The van der Waals surface area contributed by atoms with Crippen LogP contribution < -0.4 is 0 Å². The molecule has 0 aliphatic carbocycles. The summed E-state index contributed by atoms with van der Waals surface area (Å²) in [4.78, 5) is 1.74. The van der Waals surface area contributed by atoms with E-state index in [2.05, 4.69) is 31.9 Å². The molecule has 0 radical (unpaired) electrons. The molecular weight excluding hydrogens is 236 g/mol. The highest BCUT2D eigenvalue weighted by Crippen LogP contribution is 2.04. The standard InChI is InChI=1S/C5H6Br2O/c1-8-5(7)3-2-4-6/h2-4H,1H3/b4-2+,5-3-. The molecule has 0 bridgehead atoms. The van der Waals surface area contributed by atoms with Crippen LogP contribution in [0.3, 0.4) is 0 Å². The fourth-order valence-corrected chi connectivity index (χ4v) is 0.485. The van der Waals surface area contributed by atoms with Crippen molar-refractivity contribution in [1.29, 1.82) is 0 Å². The van der Waals surface area contributed by atoms with Gasteiger partial charge in [0, 0.05) is 0 Å². The van der Waals surface area contributed by atoms with Gasteiger partial charge in [0.15, 0.2) is 4.67 Å². The van der Waals surface area contributed by atoms with Crippen LogP contribution in [0.5, 0.6) is 0 Å². The van der Waals surface area contributed by atoms with E-state index in [0.717, 1.165) is 0 Å². The van der Waals surface area contributed by atoms with E-state index in [9.17, 15) is 0 Å². The minimum Gasteiger partial charge on any atom is -0.490 e. The van der Waals surface area contributed by atoms with Crippen molar-refractivity contribution in [1.82, 2.24) is 0 Å². The molecule has 0 aliphatic heterocycles. The lowest BCUT2D eigenvalue weighted by Crippen LogP contribution is -1.70. The molecule has 0 aromatic rings. The molecule has 0 aromatic carbocycles. The van der Waals surface area contributed by atoms with Gasteiger partial charge in [0.2, 0.25) is 0 Å². The monoisotopic (exact) mass is 240 g/mol. The number of hydrogen-bond donors (Lipinski definition) is 0. The smallest absolute Gasteiger partial charge is 0.161 e. The van der Waals surface area contributed by atoms with E-state index in [0.29, 0.717) is 4.67 Å². The number of allylic oxidation sites excluding steroid dienone is 2. The van der Waals surface area contributed by atoms with Crippen molar-refractivity contribution in [3.63, 3.8) is 0 Å². The van der Waals surface area contributed by atoms with Crippen LogP contribution in [0.25, 0.3) is 0 Å². The Morgan fingerprint density at radius 3 is 2.62 bits per heavy atom. The predicted octanol–water partition coefficient (Wildman–Crippen LogP) is 2.78. The van der Waals surface area contributed by atoms with Crippen molar-refractivity contribution in [3.05, 3.63) is 21.8 Å². The summed E-state index contributed by atoms with van der Waals surface area (Å²) in [5, 5.41) is 0. The average Bonchev–Trinajstić information content (AvgIpc) is 1.83. The second kappa shape index (κ2) is 5.38. The summed E-state index contributed by atoms with van der Waals surface area (Å²) < 4.78 is 5.47. The lowest BCUT2D eigenvalue weighted by atomic mass is 10.6. The zero-order chi connectivity index (χ0) is 6.41. The fraction of sp³-hybridized carbons (Fsp3) is 0.200. The van der Waals surface area contributed by atoms with Gasteiger partial charge in [-0.25, -0.2) is 0 Å². The molecule has 1 nitrogen and oxygen atoms in total. The van der Waals surface area contributed by atoms with Crippen LogP contribution in [0, 0.1) is 0 Å². The van der Waals surface area contributed by atoms with E-state index in [1.807, 2.05) is 6.08 Å². The molecule has 0 atom stereocenters. The topological polar surface area (TPSA) is 9.23 Å². The maximum absolute atomic E-state index is 4.76. The molecule has 0 N–H and O–H groups in total. The molecule has 0 aromatic heterocycles. The first-order chi connectivity index (χ1) is 3.81. The molecule has 0 heterocycles. The van der Waals surface area contributed by atoms with E-state index in [4.69, 9.17) is 4.74 Å². The van der Waals surface area contributed by atoms with Gasteiger partial charge >= 0.3 is 0 Å². The molecule has 0 amide bonds. The Bertz CT molecular complexity index is 107. The highest BCUT2D eigenvalue weighted by Gasteiger charge is 1.78. The quantitative estimate of drug-likeness (QED) is 0.534. The van der Waals surface area contributed by atoms with Crippen molar-refractivity contribution in [2.24, 2.45) is 0 Å². The molecular formula is C5H6Br2O. The second-order valence-corrected chi connectivity index (χ2v) is 2.30. The van der Waals surface area contributed by atoms with Crippen molar-refractivity contribution in [2.45, 2.75) is 0 Å². The van der Waals surface area contributed by atoms with E-state index >= 15 is 0 Å². The summed E-state index contributed by atoms with van der Waals surface area (Å²) in [5.74, 6) is 0. The number of rotatable bonds is 2. The van der Waals surface area contributed by atoms with Crippen molar-refractivity contribution >= 4 is 31.9 Å². The number of halogens is 2. The van der Waals surface area contributed by atoms with E-state index in [-0.39, 0.29) is 0 Å². The van der Waals surface area contributed by atoms with Gasteiger partial charge in [-0.2, -0.15) is 0 Å². The van der Waals surface area contributed by atoms with Crippen LogP contribution >= 0.6 is 31.9 Å². The molecule has 8 heavy (non-hydrogen) atoms. The third-order valence-corrected chi connectivity index (χ3v) is 1.39. The molecule has 0 unspecified atom stereocenters. The lowest BCUT2D eigenvalue weighted by molar-refractivity contribution is 0.328. The second-order valence-electron chi connectivity index (χ2n) is 0.993. The van der Waals surface area contributed by atoms with Crippen LogP contribution in [0.4, 0.5) is 0 Å². The Morgan fingerprint density at radius 2 is 2.25 bits per heavy atom. The minimum atomic E-state index is 0.716. The Morgan fingerprint density at radius 1 is 1.62 bits per heavy atom. The van der Waals surface area contributed by atoms with Gasteiger partial charge in [-0.05, 0) is 27.0 Å². The largest absolute Gasteiger partial charge is 0.490 e. The van der Waals surface area contributed by atoms with E-state index < -0.39 is 0 Å². The summed E-state index contributed by atoms with van der Waals surface area (Å²) in [6.45, 7) is 0. The number of ether oxygens (including phenoxy) is 1. The molecule has 0 spiro atoms. The number of methoxy groups -OCH3 is 1. The van der Waals surface area contributed by atoms with Gasteiger partial charge in [0.1, 0.15) is 0 Å². The molecule has 0 saturated heterocycles. The molecule has 0 fully saturated rings. The van der Waals surface area contributed by atoms with Crippen LogP contribution in [0.15, 0.2) is 21.8 Å². The summed E-state index contributed by atoms with van der Waals surface area (Å²) >= 11 is 6.25. The number of hydrogen-bond acceptors (Lipinski definition) is 1. The summed E-state index contributed by atoms with van der Waals surface area (Å²) in [7, 11) is 1.60. The van der Waals surface area contributed by atoms with Gasteiger partial charge in [-0.15, -0.1) is 0 Å². The van der Waals surface area contributed by atoms with Crippen LogP contribution in [0.1, 0.15) is 0 Å². The Kier molecular flexibility index (Phi) is 5.54. The van der Waals surface area contributed by atoms with Crippen molar-refractivity contribution < 1.29 is 4.74 Å². The third-order valence-electron chi connectivity index (χ3n) is 0.495. The molecule has 0 saturated carbocycles. The van der Waals surface area contributed by atoms with Crippen LogP contribution in [-0.4, -0.2) is 7.11 Å². The van der Waals surface area contributed by atoms with Gasteiger partial charge in [-0.1, -0.05) is 22.0 Å². The average molecular weight is 242 g/mol. The predicted molar refractivity (Wildman–Crippen MR) is 42.1 cm³/mol. The maximum Gasteiger partial charge on any atom is 0.161 e. The van der Waals surface area contributed by atoms with Crippen molar-refractivity contribution in [2.75, 3.05) is 7.11 Å². The summed E-state index contributed by atoms with van der Waals surface area (Å²) in [6.07, 6.45) is 3.60. The Balaban J connectivity index is 3.57. The Labute approximate surface area is 65.7 Å². The highest BCUT2D eigenvalue weighted by molar-refractivity contribution is 9.11.